The van der Waals surface area contributed by atoms with E-state index in [1.807, 2.05) is 0 Å². The van der Waals surface area contributed by atoms with Crippen LogP contribution in [0.1, 0.15) is 32.1 Å². The summed E-state index contributed by atoms with van der Waals surface area (Å²) >= 11 is 0. The molecule has 2 aromatic rings. The quantitative estimate of drug-likeness (QED) is 0.505. The van der Waals surface area contributed by atoms with E-state index in [4.69, 9.17) is 5.73 Å². The van der Waals surface area contributed by atoms with Gasteiger partial charge in [-0.3, -0.25) is 10.1 Å². The molecule has 2 atom stereocenters. The number of nitro benzene ring substituents is 1. The van der Waals surface area contributed by atoms with E-state index in [0.29, 0.717) is 11.2 Å². The van der Waals surface area contributed by atoms with Gasteiger partial charge >= 0.3 is 5.69 Å². The van der Waals surface area contributed by atoms with Gasteiger partial charge in [0.15, 0.2) is 5.52 Å². The first-order chi connectivity index (χ1) is 10.2. The molecule has 2 unspecified atom stereocenters. The molecule has 112 valence electrons. The molecule has 1 fully saturated rings. The van der Waals surface area contributed by atoms with E-state index >= 15 is 0 Å². The third kappa shape index (κ3) is 2.66. The lowest BCUT2D eigenvalue weighted by atomic mass is 10.0. The number of hydrogen-bond donors (Lipinski definition) is 2. The summed E-state index contributed by atoms with van der Waals surface area (Å²) in [7, 11) is 0. The number of anilines is 1. The number of nitrogens with zero attached hydrogens (tertiary/aromatic N) is 3. The molecule has 1 aliphatic carbocycles. The lowest BCUT2D eigenvalue weighted by Crippen LogP contribution is -2.39. The monoisotopic (exact) mass is 291 g/mol. The van der Waals surface area contributed by atoms with E-state index < -0.39 is 4.92 Å². The predicted octanol–water partition coefficient (Wildman–Crippen LogP) is 2.20. The molecule has 0 saturated heterocycles. The molecular formula is C13H17N5O3. The maximum atomic E-state index is 11.0. The number of benzene rings is 1. The Labute approximate surface area is 120 Å². The van der Waals surface area contributed by atoms with E-state index in [0.717, 1.165) is 25.7 Å². The standard InChI is InChI=1S/C13H17N5O3/c14-8-4-2-1-3-5-9(8)15-10-6-7-11(18(19)20)13-12(10)16-21-17-13/h6-9,15H,1-5,14H2. The van der Waals surface area contributed by atoms with Crippen molar-refractivity contribution in [2.24, 2.45) is 5.73 Å². The predicted molar refractivity (Wildman–Crippen MR) is 76.9 cm³/mol. The van der Waals surface area contributed by atoms with Gasteiger partial charge in [0.25, 0.3) is 0 Å². The summed E-state index contributed by atoms with van der Waals surface area (Å²) < 4.78 is 4.66. The largest absolute Gasteiger partial charge is 0.379 e. The van der Waals surface area contributed by atoms with E-state index in [9.17, 15) is 10.1 Å². The number of nitro groups is 1. The summed E-state index contributed by atoms with van der Waals surface area (Å²) in [6.07, 6.45) is 5.40. The first-order valence-electron chi connectivity index (χ1n) is 7.08. The van der Waals surface area contributed by atoms with Crippen LogP contribution in [0.5, 0.6) is 0 Å². The second-order valence-corrected chi connectivity index (χ2v) is 5.40. The molecule has 0 amide bonds. The molecule has 0 radical (unpaired) electrons. The normalized spacial score (nSPS) is 22.9. The highest BCUT2D eigenvalue weighted by Crippen LogP contribution is 2.30. The molecule has 8 heteroatoms. The van der Waals surface area contributed by atoms with Gasteiger partial charge in [0.1, 0.15) is 0 Å². The molecule has 0 spiro atoms. The zero-order chi connectivity index (χ0) is 14.8. The van der Waals surface area contributed by atoms with E-state index in [2.05, 4.69) is 20.3 Å². The number of nitrogens with two attached hydrogens (primary N) is 1. The SMILES string of the molecule is NC1CCCCCC1Nc1ccc([N+](=O)[O-])c2nonc12. The summed E-state index contributed by atoms with van der Waals surface area (Å²) in [5, 5.41) is 21.7. The molecule has 1 aromatic carbocycles. The number of rotatable bonds is 3. The molecule has 1 saturated carbocycles. The molecule has 21 heavy (non-hydrogen) atoms. The zero-order valence-corrected chi connectivity index (χ0v) is 11.5. The third-order valence-electron chi connectivity index (χ3n) is 4.00. The second kappa shape index (κ2) is 5.65. The Bertz CT molecular complexity index is 656. The number of nitrogens with one attached hydrogen (secondary N) is 1. The van der Waals surface area contributed by atoms with Gasteiger partial charge in [-0.05, 0) is 29.2 Å². The van der Waals surface area contributed by atoms with Crippen LogP contribution in [0.4, 0.5) is 11.4 Å². The van der Waals surface area contributed by atoms with Crippen LogP contribution < -0.4 is 11.1 Å². The fraction of sp³-hybridized carbons (Fsp3) is 0.538. The minimum Gasteiger partial charge on any atom is -0.379 e. The van der Waals surface area contributed by atoms with Crippen molar-refractivity contribution < 1.29 is 9.55 Å². The average molecular weight is 291 g/mol. The van der Waals surface area contributed by atoms with Gasteiger partial charge in [-0.25, -0.2) is 4.63 Å². The Morgan fingerprint density at radius 1 is 1.24 bits per heavy atom. The summed E-state index contributed by atoms with van der Waals surface area (Å²) in [4.78, 5) is 10.5. The van der Waals surface area contributed by atoms with Crippen LogP contribution in [0.3, 0.4) is 0 Å². The molecule has 1 aromatic heterocycles. The number of fused-ring (bicyclic) bond motifs is 1. The number of aromatic nitrogens is 2. The van der Waals surface area contributed by atoms with Crippen molar-refractivity contribution in [1.82, 2.24) is 10.3 Å². The second-order valence-electron chi connectivity index (χ2n) is 5.40. The highest BCUT2D eigenvalue weighted by molar-refractivity contribution is 5.93. The van der Waals surface area contributed by atoms with E-state index in [-0.39, 0.29) is 23.3 Å². The van der Waals surface area contributed by atoms with Gasteiger partial charge in [0.2, 0.25) is 5.52 Å². The van der Waals surface area contributed by atoms with Gasteiger partial charge in [0, 0.05) is 18.2 Å². The molecule has 8 nitrogen and oxygen atoms in total. The fourth-order valence-corrected chi connectivity index (χ4v) is 2.83. The highest BCUT2D eigenvalue weighted by Gasteiger charge is 2.24. The Morgan fingerprint density at radius 3 is 2.81 bits per heavy atom. The van der Waals surface area contributed by atoms with Crippen molar-refractivity contribution in [2.75, 3.05) is 5.32 Å². The van der Waals surface area contributed by atoms with Crippen molar-refractivity contribution in [3.05, 3.63) is 22.2 Å². The van der Waals surface area contributed by atoms with Crippen LogP contribution in [0.15, 0.2) is 16.8 Å². The van der Waals surface area contributed by atoms with Gasteiger partial charge in [-0.2, -0.15) is 0 Å². The molecule has 0 bridgehead atoms. The van der Waals surface area contributed by atoms with Crippen molar-refractivity contribution in [1.29, 1.82) is 0 Å². The summed E-state index contributed by atoms with van der Waals surface area (Å²) in [5.74, 6) is 0. The van der Waals surface area contributed by atoms with Crippen molar-refractivity contribution in [3.8, 4) is 0 Å². The van der Waals surface area contributed by atoms with Gasteiger partial charge in [-0.1, -0.05) is 19.3 Å². The zero-order valence-electron chi connectivity index (χ0n) is 11.5. The molecule has 0 aliphatic heterocycles. The molecule has 3 N–H and O–H groups in total. The summed E-state index contributed by atoms with van der Waals surface area (Å²) in [5.41, 5.74) is 7.30. The molecule has 3 rings (SSSR count). The minimum atomic E-state index is -0.492. The van der Waals surface area contributed by atoms with Crippen LogP contribution in [-0.2, 0) is 0 Å². The molecule has 1 aliphatic rings. The van der Waals surface area contributed by atoms with Gasteiger partial charge in [0.05, 0.1) is 10.6 Å². The first-order valence-corrected chi connectivity index (χ1v) is 7.08. The molecular weight excluding hydrogens is 274 g/mol. The van der Waals surface area contributed by atoms with Crippen molar-refractivity contribution in [3.63, 3.8) is 0 Å². The maximum Gasteiger partial charge on any atom is 0.300 e. The Hall–Kier alpha value is -2.22. The average Bonchev–Trinajstić information content (AvgIpc) is 2.86. The van der Waals surface area contributed by atoms with E-state index in [1.165, 1.54) is 12.5 Å². The van der Waals surface area contributed by atoms with Crippen LogP contribution in [0.25, 0.3) is 11.0 Å². The number of hydrogen-bond acceptors (Lipinski definition) is 7. The molecule has 1 heterocycles. The van der Waals surface area contributed by atoms with Gasteiger partial charge in [-0.15, -0.1) is 0 Å². The summed E-state index contributed by atoms with van der Waals surface area (Å²) in [6.45, 7) is 0. The Balaban J connectivity index is 1.92. The Kier molecular flexibility index (Phi) is 3.70. The lowest BCUT2D eigenvalue weighted by Gasteiger charge is -2.23. The van der Waals surface area contributed by atoms with Crippen LogP contribution in [-0.4, -0.2) is 27.3 Å². The smallest absolute Gasteiger partial charge is 0.300 e. The highest BCUT2D eigenvalue weighted by atomic mass is 16.6. The number of non-ortho nitro benzene ring substituents is 1. The minimum absolute atomic E-state index is 0.0672. The van der Waals surface area contributed by atoms with Crippen molar-refractivity contribution in [2.45, 2.75) is 44.2 Å². The third-order valence-corrected chi connectivity index (χ3v) is 4.00. The Morgan fingerprint density at radius 2 is 2.00 bits per heavy atom. The van der Waals surface area contributed by atoms with Gasteiger partial charge < -0.3 is 11.1 Å². The first kappa shape index (κ1) is 13.7. The summed E-state index contributed by atoms with van der Waals surface area (Å²) in [6, 6.07) is 3.26. The van der Waals surface area contributed by atoms with E-state index in [1.54, 1.807) is 6.07 Å². The fourth-order valence-electron chi connectivity index (χ4n) is 2.83. The van der Waals surface area contributed by atoms with Crippen LogP contribution in [0, 0.1) is 10.1 Å². The van der Waals surface area contributed by atoms with Crippen LogP contribution >= 0.6 is 0 Å². The maximum absolute atomic E-state index is 11.0. The topological polar surface area (TPSA) is 120 Å². The van der Waals surface area contributed by atoms with Crippen molar-refractivity contribution >= 4 is 22.4 Å². The lowest BCUT2D eigenvalue weighted by molar-refractivity contribution is -0.383. The van der Waals surface area contributed by atoms with Crippen LogP contribution in [0.2, 0.25) is 0 Å².